The molecule has 2 heterocycles. The summed E-state index contributed by atoms with van der Waals surface area (Å²) in [6, 6.07) is 16.7. The largest absolute Gasteiger partial charge is 0.401 e. The molecule has 2 aromatic carbocycles. The molecule has 4 rings (SSSR count). The minimum atomic E-state index is -3.72. The summed E-state index contributed by atoms with van der Waals surface area (Å²) < 4.78 is 34.1. The molecule has 11 heteroatoms. The number of benzene rings is 2. The van der Waals surface area contributed by atoms with Crippen LogP contribution in [0.4, 0.5) is 6.01 Å². The number of aryl methyl sites for hydroxylation is 2. The van der Waals surface area contributed by atoms with E-state index in [4.69, 9.17) is 4.42 Å². The quantitative estimate of drug-likeness (QED) is 0.444. The Balaban J connectivity index is 1.44. The van der Waals surface area contributed by atoms with Gasteiger partial charge in [0.05, 0.1) is 10.6 Å². The van der Waals surface area contributed by atoms with E-state index in [2.05, 4.69) is 20.6 Å². The summed E-state index contributed by atoms with van der Waals surface area (Å²) in [5.41, 5.74) is 2.53. The van der Waals surface area contributed by atoms with Gasteiger partial charge in [-0.2, -0.15) is 9.40 Å². The third-order valence-electron chi connectivity index (χ3n) is 4.94. The summed E-state index contributed by atoms with van der Waals surface area (Å²) in [7, 11) is -0.454. The molecule has 0 fully saturated rings. The fourth-order valence-corrected chi connectivity index (χ4v) is 4.40. The van der Waals surface area contributed by atoms with Crippen molar-refractivity contribution < 1.29 is 17.6 Å². The first kappa shape index (κ1) is 22.4. The van der Waals surface area contributed by atoms with Gasteiger partial charge in [0.1, 0.15) is 5.69 Å². The van der Waals surface area contributed by atoms with Gasteiger partial charge in [0.25, 0.3) is 11.8 Å². The maximum absolute atomic E-state index is 12.9. The van der Waals surface area contributed by atoms with E-state index in [1.54, 1.807) is 17.8 Å². The van der Waals surface area contributed by atoms with Crippen LogP contribution in [0.5, 0.6) is 0 Å². The maximum atomic E-state index is 12.9. The number of nitrogens with zero attached hydrogens (tertiary/aromatic N) is 5. The van der Waals surface area contributed by atoms with Crippen LogP contribution >= 0.6 is 0 Å². The van der Waals surface area contributed by atoms with E-state index in [1.807, 2.05) is 37.3 Å². The highest BCUT2D eigenvalue weighted by Gasteiger charge is 2.22. The van der Waals surface area contributed by atoms with E-state index in [0.29, 0.717) is 5.69 Å². The van der Waals surface area contributed by atoms with Crippen molar-refractivity contribution in [1.29, 1.82) is 0 Å². The average Bonchev–Trinajstić information content (AvgIpc) is 3.39. The summed E-state index contributed by atoms with van der Waals surface area (Å²) >= 11 is 0. The molecule has 0 bridgehead atoms. The lowest BCUT2D eigenvalue weighted by molar-refractivity contribution is 0.102. The standard InChI is InChI=1S/C22H22N6O4S/c1-15-13-19(28(3)26-15)21-24-25-22(32-21)23-20(29)17-9-11-18(12-10-17)33(30,31)27(2)14-16-7-5-4-6-8-16/h4-13H,14H2,1-3H3,(H,23,25,29). The molecule has 0 aliphatic carbocycles. The number of anilines is 1. The van der Waals surface area contributed by atoms with Crippen molar-refractivity contribution in [3.05, 3.63) is 77.5 Å². The van der Waals surface area contributed by atoms with Crippen LogP contribution in [0.25, 0.3) is 11.6 Å². The van der Waals surface area contributed by atoms with Gasteiger partial charge >= 0.3 is 6.01 Å². The monoisotopic (exact) mass is 466 g/mol. The van der Waals surface area contributed by atoms with E-state index < -0.39 is 15.9 Å². The number of nitrogens with one attached hydrogen (secondary N) is 1. The summed E-state index contributed by atoms with van der Waals surface area (Å²) in [4.78, 5) is 12.6. The van der Waals surface area contributed by atoms with Crippen molar-refractivity contribution in [3.63, 3.8) is 0 Å². The van der Waals surface area contributed by atoms with Crippen LogP contribution in [0, 0.1) is 6.92 Å². The molecule has 33 heavy (non-hydrogen) atoms. The maximum Gasteiger partial charge on any atom is 0.322 e. The molecule has 170 valence electrons. The van der Waals surface area contributed by atoms with E-state index in [1.165, 1.54) is 35.6 Å². The predicted molar refractivity (Wildman–Crippen MR) is 121 cm³/mol. The highest BCUT2D eigenvalue weighted by molar-refractivity contribution is 7.89. The molecular formula is C22H22N6O4S. The van der Waals surface area contributed by atoms with Gasteiger partial charge in [-0.05, 0) is 42.8 Å². The molecule has 0 spiro atoms. The Morgan fingerprint density at radius 1 is 1.09 bits per heavy atom. The zero-order valence-corrected chi connectivity index (χ0v) is 19.1. The SMILES string of the molecule is Cc1cc(-c2nnc(NC(=O)c3ccc(S(=O)(=O)N(C)Cc4ccccc4)cc3)o2)n(C)n1. The van der Waals surface area contributed by atoms with E-state index in [0.717, 1.165) is 11.3 Å². The Hall–Kier alpha value is -3.83. The van der Waals surface area contributed by atoms with Crippen LogP contribution in [-0.4, -0.2) is 45.7 Å². The zero-order valence-electron chi connectivity index (χ0n) is 18.3. The Morgan fingerprint density at radius 2 is 1.79 bits per heavy atom. The molecule has 0 unspecified atom stereocenters. The Morgan fingerprint density at radius 3 is 2.42 bits per heavy atom. The summed E-state index contributed by atoms with van der Waals surface area (Å²) in [6.07, 6.45) is 0. The van der Waals surface area contributed by atoms with Crippen molar-refractivity contribution in [2.75, 3.05) is 12.4 Å². The molecular weight excluding hydrogens is 444 g/mol. The van der Waals surface area contributed by atoms with Gasteiger partial charge in [-0.3, -0.25) is 14.8 Å². The highest BCUT2D eigenvalue weighted by Crippen LogP contribution is 2.21. The topological polar surface area (TPSA) is 123 Å². The molecule has 0 radical (unpaired) electrons. The second-order valence-electron chi connectivity index (χ2n) is 7.43. The normalized spacial score (nSPS) is 11.6. The fourth-order valence-electron chi connectivity index (χ4n) is 3.24. The van der Waals surface area contributed by atoms with Crippen LogP contribution in [0.2, 0.25) is 0 Å². The van der Waals surface area contributed by atoms with Crippen LogP contribution in [0.15, 0.2) is 70.0 Å². The van der Waals surface area contributed by atoms with Gasteiger partial charge in [0.2, 0.25) is 10.0 Å². The lowest BCUT2D eigenvalue weighted by Crippen LogP contribution is -2.26. The van der Waals surface area contributed by atoms with Crippen LogP contribution in [-0.2, 0) is 23.6 Å². The van der Waals surface area contributed by atoms with Gasteiger partial charge in [0, 0.05) is 26.2 Å². The van der Waals surface area contributed by atoms with Crippen molar-refractivity contribution in [3.8, 4) is 11.6 Å². The van der Waals surface area contributed by atoms with Crippen molar-refractivity contribution in [2.24, 2.45) is 7.05 Å². The molecule has 0 aliphatic rings. The van der Waals surface area contributed by atoms with E-state index in [9.17, 15) is 13.2 Å². The van der Waals surface area contributed by atoms with Crippen molar-refractivity contribution >= 4 is 21.9 Å². The number of amides is 1. The van der Waals surface area contributed by atoms with Crippen molar-refractivity contribution in [1.82, 2.24) is 24.3 Å². The number of aromatic nitrogens is 4. The molecule has 2 aromatic heterocycles. The Labute approximate surface area is 190 Å². The number of rotatable bonds is 7. The molecule has 10 nitrogen and oxygen atoms in total. The number of carbonyl (C=O) groups excluding carboxylic acids is 1. The minimum Gasteiger partial charge on any atom is -0.401 e. The summed E-state index contributed by atoms with van der Waals surface area (Å²) in [5.74, 6) is -0.288. The number of hydrogen-bond donors (Lipinski definition) is 1. The van der Waals surface area contributed by atoms with Crippen molar-refractivity contribution in [2.45, 2.75) is 18.4 Å². The van der Waals surface area contributed by atoms with Crippen LogP contribution < -0.4 is 5.32 Å². The lowest BCUT2D eigenvalue weighted by atomic mass is 10.2. The third kappa shape index (κ3) is 4.83. The highest BCUT2D eigenvalue weighted by atomic mass is 32.2. The number of hydrogen-bond acceptors (Lipinski definition) is 7. The third-order valence-corrected chi connectivity index (χ3v) is 6.76. The molecule has 0 aliphatic heterocycles. The zero-order chi connectivity index (χ0) is 23.6. The van der Waals surface area contributed by atoms with Gasteiger partial charge in [-0.1, -0.05) is 35.4 Å². The Kier molecular flexibility index (Phi) is 6.07. The Bertz CT molecular complexity index is 1380. The first-order valence-corrected chi connectivity index (χ1v) is 11.4. The number of sulfonamides is 1. The molecule has 1 amide bonds. The molecule has 0 saturated carbocycles. The second kappa shape index (κ2) is 8.96. The molecule has 4 aromatic rings. The predicted octanol–water partition coefficient (Wildman–Crippen LogP) is 2.85. The molecule has 1 N–H and O–H groups in total. The minimum absolute atomic E-state index is 0.0758. The average molecular weight is 467 g/mol. The molecule has 0 saturated heterocycles. The van der Waals surface area contributed by atoms with Gasteiger partial charge in [-0.15, -0.1) is 5.10 Å². The number of carbonyl (C=O) groups is 1. The van der Waals surface area contributed by atoms with Gasteiger partial charge in [0.15, 0.2) is 0 Å². The summed E-state index contributed by atoms with van der Waals surface area (Å²) in [6.45, 7) is 2.08. The second-order valence-corrected chi connectivity index (χ2v) is 9.48. The first-order chi connectivity index (χ1) is 15.7. The smallest absolute Gasteiger partial charge is 0.322 e. The van der Waals surface area contributed by atoms with Crippen LogP contribution in [0.3, 0.4) is 0 Å². The van der Waals surface area contributed by atoms with Crippen LogP contribution in [0.1, 0.15) is 21.6 Å². The van der Waals surface area contributed by atoms with E-state index in [-0.39, 0.29) is 28.9 Å². The first-order valence-electron chi connectivity index (χ1n) is 10.0. The fraction of sp³-hybridized carbons (Fsp3) is 0.182. The van der Waals surface area contributed by atoms with E-state index >= 15 is 0 Å². The lowest BCUT2D eigenvalue weighted by Gasteiger charge is -2.17. The molecule has 0 atom stereocenters. The van der Waals surface area contributed by atoms with Gasteiger partial charge in [-0.25, -0.2) is 8.42 Å². The van der Waals surface area contributed by atoms with Gasteiger partial charge < -0.3 is 4.42 Å². The summed E-state index contributed by atoms with van der Waals surface area (Å²) in [5, 5.41) is 14.5.